The fourth-order valence-electron chi connectivity index (χ4n) is 2.59. The van der Waals surface area contributed by atoms with Crippen LogP contribution in [-0.2, 0) is 20.1 Å². The summed E-state index contributed by atoms with van der Waals surface area (Å²) in [5, 5.41) is 7.88. The van der Waals surface area contributed by atoms with Crippen molar-refractivity contribution in [2.75, 3.05) is 14.1 Å². The Morgan fingerprint density at radius 3 is 2.81 bits per heavy atom. The molecular weight excluding hydrogens is 479 g/mol. The molecule has 3 rings (SSSR count). The third-order valence-electron chi connectivity index (χ3n) is 3.97. The predicted octanol–water partition coefficient (Wildman–Crippen LogP) is 3.55. The lowest BCUT2D eigenvalue weighted by molar-refractivity contribution is 0.371. The minimum Gasteiger partial charge on any atom is -0.353 e. The van der Waals surface area contributed by atoms with Gasteiger partial charge < -0.3 is 19.3 Å². The Balaban J connectivity index is 0.00000261. The van der Waals surface area contributed by atoms with Gasteiger partial charge in [-0.1, -0.05) is 28.9 Å². The largest absolute Gasteiger partial charge is 0.353 e. The number of aromatic nitrogens is 3. The Hall–Kier alpha value is -2.07. The molecule has 144 valence electrons. The summed E-state index contributed by atoms with van der Waals surface area (Å²) >= 11 is 6.01. The zero-order valence-electron chi connectivity index (χ0n) is 15.4. The Morgan fingerprint density at radius 2 is 2.15 bits per heavy atom. The molecule has 0 saturated carbocycles. The molecule has 1 aromatic carbocycles. The van der Waals surface area contributed by atoms with E-state index in [1.54, 1.807) is 19.2 Å². The molecule has 1 N–H and O–H groups in total. The molecule has 0 fully saturated rings. The van der Waals surface area contributed by atoms with Gasteiger partial charge in [0.25, 0.3) is 0 Å². The van der Waals surface area contributed by atoms with Crippen molar-refractivity contribution in [2.45, 2.75) is 13.1 Å². The molecule has 2 aromatic heterocycles. The highest BCUT2D eigenvalue weighted by Crippen LogP contribution is 2.19. The van der Waals surface area contributed by atoms with Crippen molar-refractivity contribution in [1.29, 1.82) is 0 Å². The first-order valence-corrected chi connectivity index (χ1v) is 8.55. The highest BCUT2D eigenvalue weighted by atomic mass is 127. The molecule has 0 atom stereocenters. The lowest BCUT2D eigenvalue weighted by atomic mass is 10.2. The molecule has 0 unspecified atom stereocenters. The van der Waals surface area contributed by atoms with Crippen LogP contribution in [0.3, 0.4) is 0 Å². The molecule has 0 bridgehead atoms. The smallest absolute Gasteiger partial charge is 0.246 e. The van der Waals surface area contributed by atoms with Gasteiger partial charge in [-0.2, -0.15) is 4.98 Å². The van der Waals surface area contributed by atoms with Crippen molar-refractivity contribution in [3.05, 3.63) is 59.2 Å². The van der Waals surface area contributed by atoms with Crippen molar-refractivity contribution >= 4 is 41.5 Å². The van der Waals surface area contributed by atoms with Gasteiger partial charge >= 0.3 is 0 Å². The number of nitrogens with one attached hydrogen (secondary N) is 1. The van der Waals surface area contributed by atoms with Crippen LogP contribution in [0.2, 0.25) is 5.02 Å². The zero-order valence-corrected chi connectivity index (χ0v) is 18.5. The van der Waals surface area contributed by atoms with Gasteiger partial charge in [0.2, 0.25) is 11.7 Å². The van der Waals surface area contributed by atoms with E-state index in [-0.39, 0.29) is 24.0 Å². The number of guanidine groups is 1. The molecule has 0 spiro atoms. The third-order valence-corrected chi connectivity index (χ3v) is 4.21. The Bertz CT molecular complexity index is 907. The summed E-state index contributed by atoms with van der Waals surface area (Å²) in [6, 6.07) is 11.5. The summed E-state index contributed by atoms with van der Waals surface area (Å²) in [6.07, 6.45) is 2.02. The van der Waals surface area contributed by atoms with Crippen LogP contribution in [0.1, 0.15) is 11.6 Å². The Kier molecular flexibility index (Phi) is 7.66. The number of aryl methyl sites for hydroxylation is 1. The second-order valence-corrected chi connectivity index (χ2v) is 6.33. The van der Waals surface area contributed by atoms with Crippen LogP contribution in [0.4, 0.5) is 0 Å². The maximum atomic E-state index is 6.01. The molecule has 7 nitrogen and oxygen atoms in total. The van der Waals surface area contributed by atoms with E-state index in [2.05, 4.69) is 31.1 Å². The summed E-state index contributed by atoms with van der Waals surface area (Å²) in [5.74, 6) is 1.73. The Morgan fingerprint density at radius 1 is 1.33 bits per heavy atom. The number of aliphatic imine (C=N–C) groups is 1. The molecule has 9 heteroatoms. The van der Waals surface area contributed by atoms with Gasteiger partial charge in [-0.25, -0.2) is 0 Å². The van der Waals surface area contributed by atoms with Gasteiger partial charge in [0.05, 0.1) is 13.1 Å². The highest BCUT2D eigenvalue weighted by Gasteiger charge is 2.12. The first-order valence-electron chi connectivity index (χ1n) is 8.17. The van der Waals surface area contributed by atoms with Crippen molar-refractivity contribution in [1.82, 2.24) is 24.9 Å². The average molecular weight is 501 g/mol. The monoisotopic (exact) mass is 500 g/mol. The summed E-state index contributed by atoms with van der Waals surface area (Å²) < 4.78 is 7.40. The number of hydrogen-bond donors (Lipinski definition) is 1. The number of halogens is 2. The lowest BCUT2D eigenvalue weighted by Gasteiger charge is -2.21. The molecule has 0 saturated heterocycles. The number of rotatable bonds is 5. The molecule has 0 radical (unpaired) electrons. The molecule has 0 amide bonds. The van der Waals surface area contributed by atoms with Crippen LogP contribution >= 0.6 is 35.6 Å². The lowest BCUT2D eigenvalue weighted by Crippen LogP contribution is -2.38. The SMILES string of the molecule is CN=C(NCc1nc(-c2cccc(Cl)c2)no1)N(C)Cc1cccn1C.I. The van der Waals surface area contributed by atoms with Crippen LogP contribution in [0.25, 0.3) is 11.4 Å². The molecule has 27 heavy (non-hydrogen) atoms. The van der Waals surface area contributed by atoms with E-state index in [9.17, 15) is 0 Å². The maximum absolute atomic E-state index is 6.01. The quantitative estimate of drug-likeness (QED) is 0.330. The fraction of sp³-hybridized carbons (Fsp3) is 0.278. The first-order chi connectivity index (χ1) is 12.6. The average Bonchev–Trinajstić information content (AvgIpc) is 3.25. The van der Waals surface area contributed by atoms with Crippen molar-refractivity contribution in [2.24, 2.45) is 12.0 Å². The van der Waals surface area contributed by atoms with Gasteiger partial charge in [0.15, 0.2) is 5.96 Å². The number of hydrogen-bond acceptors (Lipinski definition) is 4. The standard InChI is InChI=1S/C18H21ClN6O.HI/c1-20-18(25(3)12-15-8-5-9-24(15)2)21-11-16-22-17(23-26-16)13-6-4-7-14(19)10-13;/h4-10H,11-12H2,1-3H3,(H,20,21);1H. The number of nitrogens with zero attached hydrogens (tertiary/aromatic N) is 5. The van der Waals surface area contributed by atoms with Crippen LogP contribution < -0.4 is 5.32 Å². The van der Waals surface area contributed by atoms with E-state index in [1.165, 1.54) is 5.69 Å². The van der Waals surface area contributed by atoms with Crippen LogP contribution in [0.15, 0.2) is 52.1 Å². The van der Waals surface area contributed by atoms with Gasteiger partial charge in [0, 0.05) is 43.6 Å². The first kappa shape index (κ1) is 21.2. The summed E-state index contributed by atoms with van der Waals surface area (Å²) in [4.78, 5) is 10.7. The van der Waals surface area contributed by atoms with Gasteiger partial charge in [-0.05, 0) is 24.3 Å². The van der Waals surface area contributed by atoms with Gasteiger partial charge in [-0.3, -0.25) is 4.99 Å². The van der Waals surface area contributed by atoms with Crippen LogP contribution in [-0.4, -0.2) is 39.7 Å². The van der Waals surface area contributed by atoms with Crippen molar-refractivity contribution < 1.29 is 4.52 Å². The predicted molar refractivity (Wildman–Crippen MR) is 117 cm³/mol. The van der Waals surface area contributed by atoms with Crippen LogP contribution in [0, 0.1) is 0 Å². The number of benzene rings is 1. The maximum Gasteiger partial charge on any atom is 0.246 e. The topological polar surface area (TPSA) is 71.5 Å². The van der Waals surface area contributed by atoms with E-state index in [1.807, 2.05) is 43.4 Å². The normalized spacial score (nSPS) is 11.2. The molecule has 2 heterocycles. The Labute approximate surface area is 180 Å². The van der Waals surface area contributed by atoms with E-state index in [0.717, 1.165) is 18.1 Å². The molecular formula is C18H22ClIN6O. The van der Waals surface area contributed by atoms with E-state index in [0.29, 0.717) is 23.3 Å². The fourth-order valence-corrected chi connectivity index (χ4v) is 2.78. The van der Waals surface area contributed by atoms with Crippen LogP contribution in [0.5, 0.6) is 0 Å². The van der Waals surface area contributed by atoms with Crippen molar-refractivity contribution in [3.63, 3.8) is 0 Å². The molecule has 0 aliphatic rings. The third kappa shape index (κ3) is 5.46. The van der Waals surface area contributed by atoms with Gasteiger partial charge in [0.1, 0.15) is 0 Å². The second-order valence-electron chi connectivity index (χ2n) is 5.89. The minimum absolute atomic E-state index is 0. The highest BCUT2D eigenvalue weighted by molar-refractivity contribution is 14.0. The molecule has 0 aliphatic carbocycles. The van der Waals surface area contributed by atoms with E-state index in [4.69, 9.17) is 16.1 Å². The minimum atomic E-state index is 0. The van der Waals surface area contributed by atoms with Gasteiger partial charge in [-0.15, -0.1) is 24.0 Å². The van der Waals surface area contributed by atoms with Crippen molar-refractivity contribution in [3.8, 4) is 11.4 Å². The second kappa shape index (κ2) is 9.75. The molecule has 3 aromatic rings. The molecule has 0 aliphatic heterocycles. The van der Waals surface area contributed by atoms with E-state index < -0.39 is 0 Å². The summed E-state index contributed by atoms with van der Waals surface area (Å²) in [6.45, 7) is 1.12. The van der Waals surface area contributed by atoms with E-state index >= 15 is 0 Å². The summed E-state index contributed by atoms with van der Waals surface area (Å²) in [5.41, 5.74) is 2.01. The zero-order chi connectivity index (χ0) is 18.5. The summed E-state index contributed by atoms with van der Waals surface area (Å²) in [7, 11) is 5.75.